The van der Waals surface area contributed by atoms with Crippen LogP contribution in [-0.2, 0) is 4.79 Å². The Balaban J connectivity index is 0.00000364. The topological polar surface area (TPSA) is 103 Å². The minimum absolute atomic E-state index is 0. The molecular weight excluding hydrogens is 370 g/mol. The molecule has 4 N–H and O–H groups in total. The largest absolute Gasteiger partial charge is 0.497 e. The van der Waals surface area contributed by atoms with E-state index in [2.05, 4.69) is 10.6 Å². The fourth-order valence-electron chi connectivity index (χ4n) is 2.72. The summed E-state index contributed by atoms with van der Waals surface area (Å²) in [4.78, 5) is 25.1. The van der Waals surface area contributed by atoms with E-state index in [1.807, 2.05) is 13.8 Å². The molecule has 2 atom stereocenters. The van der Waals surface area contributed by atoms with Gasteiger partial charge in [-0.15, -0.1) is 12.4 Å². The normalized spacial score (nSPS) is 15.3. The Bertz CT molecular complexity index is 628. The SMILES string of the molecule is COc1cc(OC)cc(C(=O)NC(C(=O)NCC(N)C2CC2)C(C)C)c1.Cl. The lowest BCUT2D eigenvalue weighted by molar-refractivity contribution is -0.124. The molecule has 2 amide bonds. The van der Waals surface area contributed by atoms with Crippen molar-refractivity contribution in [2.45, 2.75) is 38.8 Å². The van der Waals surface area contributed by atoms with Crippen LogP contribution < -0.4 is 25.8 Å². The van der Waals surface area contributed by atoms with Gasteiger partial charge in [0.15, 0.2) is 0 Å². The van der Waals surface area contributed by atoms with Crippen LogP contribution in [0.1, 0.15) is 37.0 Å². The van der Waals surface area contributed by atoms with E-state index < -0.39 is 6.04 Å². The van der Waals surface area contributed by atoms with Gasteiger partial charge in [0, 0.05) is 24.2 Å². The summed E-state index contributed by atoms with van der Waals surface area (Å²) in [5, 5.41) is 5.66. The van der Waals surface area contributed by atoms with Crippen molar-refractivity contribution in [1.82, 2.24) is 10.6 Å². The first-order valence-corrected chi connectivity index (χ1v) is 8.93. The number of nitrogens with two attached hydrogens (primary N) is 1. The number of hydrogen-bond donors (Lipinski definition) is 3. The second-order valence-electron chi connectivity index (χ2n) is 7.04. The second-order valence-corrected chi connectivity index (χ2v) is 7.04. The van der Waals surface area contributed by atoms with Crippen LogP contribution in [0.3, 0.4) is 0 Å². The van der Waals surface area contributed by atoms with Crippen molar-refractivity contribution >= 4 is 24.2 Å². The lowest BCUT2D eigenvalue weighted by Gasteiger charge is -2.23. The predicted octanol–water partition coefficient (Wildman–Crippen LogP) is 1.73. The second kappa shape index (κ2) is 10.4. The zero-order valence-electron chi connectivity index (χ0n) is 16.3. The van der Waals surface area contributed by atoms with Crippen molar-refractivity contribution in [2.75, 3.05) is 20.8 Å². The fourth-order valence-corrected chi connectivity index (χ4v) is 2.72. The summed E-state index contributed by atoms with van der Waals surface area (Å²) in [5.74, 6) is 0.878. The van der Waals surface area contributed by atoms with E-state index in [4.69, 9.17) is 15.2 Å². The van der Waals surface area contributed by atoms with E-state index in [9.17, 15) is 9.59 Å². The van der Waals surface area contributed by atoms with E-state index in [0.717, 1.165) is 12.8 Å². The molecule has 0 heterocycles. The number of hydrogen-bond acceptors (Lipinski definition) is 5. The number of carbonyl (C=O) groups is 2. The summed E-state index contributed by atoms with van der Waals surface area (Å²) >= 11 is 0. The van der Waals surface area contributed by atoms with Gasteiger partial charge in [0.1, 0.15) is 17.5 Å². The number of amides is 2. The van der Waals surface area contributed by atoms with Crippen LogP contribution in [0, 0.1) is 11.8 Å². The molecule has 0 aromatic heterocycles. The van der Waals surface area contributed by atoms with Gasteiger partial charge in [0.05, 0.1) is 14.2 Å². The lowest BCUT2D eigenvalue weighted by Crippen LogP contribution is -2.52. The molecule has 0 bridgehead atoms. The van der Waals surface area contributed by atoms with Crippen LogP contribution in [0.2, 0.25) is 0 Å². The first-order valence-electron chi connectivity index (χ1n) is 8.93. The van der Waals surface area contributed by atoms with Crippen molar-refractivity contribution < 1.29 is 19.1 Å². The van der Waals surface area contributed by atoms with Gasteiger partial charge in [-0.2, -0.15) is 0 Å². The zero-order chi connectivity index (χ0) is 19.3. The molecule has 0 saturated heterocycles. The minimum Gasteiger partial charge on any atom is -0.497 e. The summed E-state index contributed by atoms with van der Waals surface area (Å²) in [7, 11) is 3.04. The Morgan fingerprint density at radius 3 is 2.15 bits per heavy atom. The maximum atomic E-state index is 12.6. The molecule has 1 aromatic rings. The molecule has 1 aliphatic rings. The van der Waals surface area contributed by atoms with Crippen molar-refractivity contribution in [3.63, 3.8) is 0 Å². The van der Waals surface area contributed by atoms with Crippen LogP contribution >= 0.6 is 12.4 Å². The summed E-state index contributed by atoms with van der Waals surface area (Å²) in [5.41, 5.74) is 6.40. The average Bonchev–Trinajstić information content (AvgIpc) is 3.48. The Morgan fingerprint density at radius 2 is 1.70 bits per heavy atom. The van der Waals surface area contributed by atoms with Crippen LogP contribution in [0.5, 0.6) is 11.5 Å². The first kappa shape index (κ1) is 23.0. The molecule has 1 fully saturated rings. The lowest BCUT2D eigenvalue weighted by atomic mass is 10.0. The quantitative estimate of drug-likeness (QED) is 0.586. The Morgan fingerprint density at radius 1 is 1.15 bits per heavy atom. The van der Waals surface area contributed by atoms with E-state index in [1.165, 1.54) is 14.2 Å². The summed E-state index contributed by atoms with van der Waals surface area (Å²) < 4.78 is 10.4. The summed E-state index contributed by atoms with van der Waals surface area (Å²) in [6.07, 6.45) is 2.25. The van der Waals surface area contributed by atoms with E-state index in [1.54, 1.807) is 18.2 Å². The summed E-state index contributed by atoms with van der Waals surface area (Å²) in [6, 6.07) is 4.23. The van der Waals surface area contributed by atoms with Crippen molar-refractivity contribution in [3.8, 4) is 11.5 Å². The van der Waals surface area contributed by atoms with Crippen molar-refractivity contribution in [2.24, 2.45) is 17.6 Å². The number of methoxy groups -OCH3 is 2. The molecule has 0 spiro atoms. The molecule has 0 radical (unpaired) electrons. The maximum Gasteiger partial charge on any atom is 0.252 e. The Kier molecular flexibility index (Phi) is 8.85. The monoisotopic (exact) mass is 399 g/mol. The average molecular weight is 400 g/mol. The molecule has 2 unspecified atom stereocenters. The molecule has 0 aliphatic heterocycles. The highest BCUT2D eigenvalue weighted by Crippen LogP contribution is 2.31. The molecule has 152 valence electrons. The maximum absolute atomic E-state index is 12.6. The third kappa shape index (κ3) is 6.59. The number of rotatable bonds is 9. The van der Waals surface area contributed by atoms with Gasteiger partial charge in [0.25, 0.3) is 5.91 Å². The molecule has 1 saturated carbocycles. The number of carbonyl (C=O) groups excluding carboxylic acids is 2. The Labute approximate surface area is 166 Å². The zero-order valence-corrected chi connectivity index (χ0v) is 17.1. The van der Waals surface area contributed by atoms with Crippen LogP contribution in [-0.4, -0.2) is 44.7 Å². The van der Waals surface area contributed by atoms with Gasteiger partial charge in [-0.25, -0.2) is 0 Å². The number of ether oxygens (including phenoxy) is 2. The first-order chi connectivity index (χ1) is 12.3. The van der Waals surface area contributed by atoms with Gasteiger partial charge in [-0.1, -0.05) is 13.8 Å². The standard InChI is InChI=1S/C19H29N3O4.ClH/c1-11(2)17(19(24)21-10-16(20)12-5-6-12)22-18(23)13-7-14(25-3)9-15(8-13)26-4;/h7-9,11-12,16-17H,5-6,10,20H2,1-4H3,(H,21,24)(H,22,23);1H. The molecule has 27 heavy (non-hydrogen) atoms. The van der Waals surface area contributed by atoms with Gasteiger partial charge < -0.3 is 25.8 Å². The minimum atomic E-state index is -0.647. The van der Waals surface area contributed by atoms with Crippen LogP contribution in [0.25, 0.3) is 0 Å². The van der Waals surface area contributed by atoms with Crippen LogP contribution in [0.4, 0.5) is 0 Å². The fraction of sp³-hybridized carbons (Fsp3) is 0.579. The van der Waals surface area contributed by atoms with Crippen LogP contribution in [0.15, 0.2) is 18.2 Å². The molecule has 7 nitrogen and oxygen atoms in total. The van der Waals surface area contributed by atoms with Gasteiger partial charge in [-0.3, -0.25) is 9.59 Å². The highest BCUT2D eigenvalue weighted by molar-refractivity contribution is 5.98. The van der Waals surface area contributed by atoms with Crippen molar-refractivity contribution in [1.29, 1.82) is 0 Å². The van der Waals surface area contributed by atoms with E-state index in [-0.39, 0.29) is 36.2 Å². The molecule has 8 heteroatoms. The van der Waals surface area contributed by atoms with Gasteiger partial charge in [-0.05, 0) is 36.8 Å². The van der Waals surface area contributed by atoms with Gasteiger partial charge >= 0.3 is 0 Å². The van der Waals surface area contributed by atoms with E-state index in [0.29, 0.717) is 29.5 Å². The molecular formula is C19H30ClN3O4. The van der Waals surface area contributed by atoms with E-state index >= 15 is 0 Å². The van der Waals surface area contributed by atoms with Crippen molar-refractivity contribution in [3.05, 3.63) is 23.8 Å². The van der Waals surface area contributed by atoms with Gasteiger partial charge in [0.2, 0.25) is 5.91 Å². The smallest absolute Gasteiger partial charge is 0.252 e. The number of nitrogens with one attached hydrogen (secondary N) is 2. The predicted molar refractivity (Wildman–Crippen MR) is 107 cm³/mol. The third-order valence-corrected chi connectivity index (χ3v) is 4.59. The number of halogens is 1. The highest BCUT2D eigenvalue weighted by atomic mass is 35.5. The molecule has 1 aliphatic carbocycles. The Hall–Kier alpha value is -1.99. The summed E-state index contributed by atoms with van der Waals surface area (Å²) in [6.45, 7) is 4.20. The number of benzene rings is 1. The molecule has 1 aromatic carbocycles. The third-order valence-electron chi connectivity index (χ3n) is 4.59. The highest BCUT2D eigenvalue weighted by Gasteiger charge is 2.30. The molecule has 2 rings (SSSR count).